The van der Waals surface area contributed by atoms with Crippen LogP contribution in [-0.4, -0.2) is 138 Å². The van der Waals surface area contributed by atoms with Gasteiger partial charge in [0.15, 0.2) is 5.82 Å². The molecule has 1 unspecified atom stereocenters. The van der Waals surface area contributed by atoms with E-state index in [9.17, 15) is 19.5 Å². The van der Waals surface area contributed by atoms with Crippen molar-refractivity contribution in [3.63, 3.8) is 0 Å². The average molecular weight is 841 g/mol. The number of carbonyl (C=O) groups excluding carboxylic acids is 3. The number of rotatable bonds is 9. The maximum Gasteiger partial charge on any atom is 0.249 e. The minimum absolute atomic E-state index is 0.171. The minimum Gasteiger partial charge on any atom is -0.507 e. The van der Waals surface area contributed by atoms with Crippen molar-refractivity contribution in [3.8, 4) is 22.8 Å². The van der Waals surface area contributed by atoms with Gasteiger partial charge in [-0.25, -0.2) is 0 Å². The molecule has 5 fully saturated rings. The molecule has 5 saturated heterocycles. The Balaban J connectivity index is 0.703. The van der Waals surface area contributed by atoms with Crippen LogP contribution in [0.3, 0.4) is 0 Å². The molecule has 0 saturated carbocycles. The highest BCUT2D eigenvalue weighted by Gasteiger charge is 2.41. The first-order valence-corrected chi connectivity index (χ1v) is 22.4. The van der Waals surface area contributed by atoms with Gasteiger partial charge < -0.3 is 35.2 Å². The van der Waals surface area contributed by atoms with E-state index in [-0.39, 0.29) is 29.5 Å². The Labute approximate surface area is 362 Å². The number of imide groups is 1. The van der Waals surface area contributed by atoms with E-state index in [1.54, 1.807) is 12.1 Å². The summed E-state index contributed by atoms with van der Waals surface area (Å²) in [5.41, 5.74) is 13.2. The van der Waals surface area contributed by atoms with Gasteiger partial charge in [-0.1, -0.05) is 36.4 Å². The molecular weight excluding hydrogens is 785 g/mol. The van der Waals surface area contributed by atoms with Gasteiger partial charge in [0.1, 0.15) is 24.1 Å². The predicted octanol–water partition coefficient (Wildman–Crippen LogP) is 3.82. The van der Waals surface area contributed by atoms with Crippen molar-refractivity contribution < 1.29 is 24.2 Å². The first-order chi connectivity index (χ1) is 30.3. The van der Waals surface area contributed by atoms with Gasteiger partial charge in [0.05, 0.1) is 30.2 Å². The summed E-state index contributed by atoms with van der Waals surface area (Å²) < 4.78 is 6.25. The Kier molecular flexibility index (Phi) is 11.1. The molecule has 0 spiro atoms. The number of nitrogens with one attached hydrogen (secondary N) is 1. The van der Waals surface area contributed by atoms with E-state index < -0.39 is 0 Å². The van der Waals surface area contributed by atoms with Crippen LogP contribution in [-0.2, 0) is 20.9 Å². The molecule has 15 nitrogen and oxygen atoms in total. The number of hydrogen-bond acceptors (Lipinski definition) is 13. The van der Waals surface area contributed by atoms with E-state index >= 15 is 0 Å². The van der Waals surface area contributed by atoms with Crippen LogP contribution in [0.5, 0.6) is 11.5 Å². The van der Waals surface area contributed by atoms with E-state index in [1.807, 2.05) is 29.2 Å². The average Bonchev–Trinajstić information content (AvgIpc) is 3.55. The van der Waals surface area contributed by atoms with E-state index in [2.05, 4.69) is 76.4 Å². The number of fused-ring (bicyclic) bond motifs is 3. The summed E-state index contributed by atoms with van der Waals surface area (Å²) >= 11 is 0. The third-order valence-electron chi connectivity index (χ3n) is 14.0. The van der Waals surface area contributed by atoms with Crippen molar-refractivity contribution in [1.82, 2.24) is 30.2 Å². The number of phenols is 1. The number of likely N-dealkylation sites (tertiary alicyclic amines) is 1. The van der Waals surface area contributed by atoms with Crippen LogP contribution in [0.15, 0.2) is 72.8 Å². The number of piperazine rings is 2. The molecule has 10 rings (SSSR count). The first-order valence-electron chi connectivity index (χ1n) is 22.4. The monoisotopic (exact) mass is 840 g/mol. The molecule has 0 aliphatic carbocycles. The highest BCUT2D eigenvalue weighted by molar-refractivity contribution is 6.02. The van der Waals surface area contributed by atoms with Crippen molar-refractivity contribution >= 4 is 40.6 Å². The molecule has 6 aliphatic heterocycles. The van der Waals surface area contributed by atoms with Crippen molar-refractivity contribution in [2.24, 2.45) is 0 Å². The highest BCUT2D eigenvalue weighted by Crippen LogP contribution is 2.43. The first kappa shape index (κ1) is 40.2. The SMILES string of the molecule is Nc1nnc(-c2ccccc2O)cc1N1C[C@H]2CC[C@@H](C1)N2c1cccc(CN2CCN(C(=O)CN3CCC(c4cccc5c4OCCN5C4CCC(=O)NC4=O)CC3)CC2)c1. The number of amides is 3. The highest BCUT2D eigenvalue weighted by atomic mass is 16.5. The molecule has 3 aromatic carbocycles. The number of para-hydroxylation sites is 2. The third-order valence-corrected chi connectivity index (χ3v) is 14.0. The third kappa shape index (κ3) is 7.99. The molecule has 6 aliphatic rings. The lowest BCUT2D eigenvalue weighted by molar-refractivity contribution is -0.135. The number of anilines is 4. The quantitative estimate of drug-likeness (QED) is 0.209. The lowest BCUT2D eigenvalue weighted by atomic mass is 9.87. The van der Waals surface area contributed by atoms with Gasteiger partial charge in [0, 0.05) is 75.6 Å². The molecule has 7 heterocycles. The lowest BCUT2D eigenvalue weighted by Gasteiger charge is -2.43. The fourth-order valence-corrected chi connectivity index (χ4v) is 10.8. The van der Waals surface area contributed by atoms with Gasteiger partial charge in [-0.15, -0.1) is 10.2 Å². The zero-order chi connectivity index (χ0) is 42.3. The molecule has 324 valence electrons. The summed E-state index contributed by atoms with van der Waals surface area (Å²) in [6.07, 6.45) is 4.96. The van der Waals surface area contributed by atoms with Crippen LogP contribution in [0, 0.1) is 0 Å². The Morgan fingerprint density at radius 2 is 1.58 bits per heavy atom. The van der Waals surface area contributed by atoms with Gasteiger partial charge in [-0.05, 0) is 98.6 Å². The zero-order valence-corrected chi connectivity index (χ0v) is 35.2. The Morgan fingerprint density at radius 3 is 2.35 bits per heavy atom. The number of piperidine rings is 2. The lowest BCUT2D eigenvalue weighted by Crippen LogP contribution is -2.54. The summed E-state index contributed by atoms with van der Waals surface area (Å²) in [4.78, 5) is 52.0. The summed E-state index contributed by atoms with van der Waals surface area (Å²) in [7, 11) is 0. The second kappa shape index (κ2) is 17.1. The number of nitrogen functional groups attached to an aromatic ring is 1. The van der Waals surface area contributed by atoms with E-state index in [4.69, 9.17) is 10.5 Å². The predicted molar refractivity (Wildman–Crippen MR) is 237 cm³/mol. The number of benzene rings is 3. The number of nitrogens with two attached hydrogens (primary N) is 1. The van der Waals surface area contributed by atoms with E-state index in [0.717, 1.165) is 102 Å². The van der Waals surface area contributed by atoms with Gasteiger partial charge in [-0.3, -0.25) is 29.5 Å². The van der Waals surface area contributed by atoms with Crippen LogP contribution in [0.2, 0.25) is 0 Å². The molecule has 4 N–H and O–H groups in total. The molecule has 1 aromatic heterocycles. The number of carbonyl (C=O) groups is 3. The van der Waals surface area contributed by atoms with Crippen molar-refractivity contribution in [2.45, 2.75) is 69.1 Å². The summed E-state index contributed by atoms with van der Waals surface area (Å²) in [6.45, 7) is 8.93. The van der Waals surface area contributed by atoms with Crippen LogP contribution in [0.25, 0.3) is 11.3 Å². The summed E-state index contributed by atoms with van der Waals surface area (Å²) in [5.74, 6) is 1.52. The largest absolute Gasteiger partial charge is 0.507 e. The van der Waals surface area contributed by atoms with Gasteiger partial charge in [-0.2, -0.15) is 0 Å². The number of hydrogen-bond donors (Lipinski definition) is 3. The van der Waals surface area contributed by atoms with Gasteiger partial charge in [0.25, 0.3) is 0 Å². The topological polar surface area (TPSA) is 164 Å². The van der Waals surface area contributed by atoms with Crippen LogP contribution >= 0.6 is 0 Å². The number of nitrogens with zero attached hydrogens (tertiary/aromatic N) is 8. The normalized spacial score (nSPS) is 23.6. The van der Waals surface area contributed by atoms with Crippen molar-refractivity contribution in [2.75, 3.05) is 92.5 Å². The molecule has 4 aromatic rings. The molecular formula is C47H56N10O5. The molecule has 3 amide bonds. The minimum atomic E-state index is -0.368. The fourth-order valence-electron chi connectivity index (χ4n) is 10.8. The summed E-state index contributed by atoms with van der Waals surface area (Å²) in [6, 6.07) is 24.7. The molecule has 3 atom stereocenters. The van der Waals surface area contributed by atoms with Crippen molar-refractivity contribution in [3.05, 3.63) is 83.9 Å². The van der Waals surface area contributed by atoms with Gasteiger partial charge >= 0.3 is 0 Å². The number of ether oxygens (including phenoxy) is 1. The van der Waals surface area contributed by atoms with Crippen LogP contribution < -0.4 is 30.5 Å². The second-order valence-corrected chi connectivity index (χ2v) is 17.8. The molecule has 15 heteroatoms. The Bertz CT molecular complexity index is 2310. The maximum absolute atomic E-state index is 13.6. The zero-order valence-electron chi connectivity index (χ0n) is 35.2. The van der Waals surface area contributed by atoms with E-state index in [0.29, 0.717) is 67.6 Å². The molecule has 2 bridgehead atoms. The second-order valence-electron chi connectivity index (χ2n) is 17.8. The van der Waals surface area contributed by atoms with Crippen LogP contribution in [0.1, 0.15) is 55.6 Å². The maximum atomic E-state index is 13.6. The smallest absolute Gasteiger partial charge is 0.249 e. The Morgan fingerprint density at radius 1 is 0.806 bits per heavy atom. The number of phenolic OH excluding ortho intramolecular Hbond substituents is 1. The number of aromatic hydroxyl groups is 1. The Hall–Kier alpha value is -5.93. The fraction of sp³-hybridized carbons (Fsp3) is 0.468. The summed E-state index contributed by atoms with van der Waals surface area (Å²) in [5, 5.41) is 21.5. The van der Waals surface area contributed by atoms with Crippen LogP contribution in [0.4, 0.5) is 22.9 Å². The standard InChI is InChI=1S/C47H56N10O5/c48-46-41(26-38(50-51-46)37-7-1-2-10-42(37)58)55-28-34-11-12-35(29-55)57(34)33-6-3-5-31(25-33)27-53-19-21-54(22-20-53)44(60)30-52-17-15-32(16-18-52)36-8-4-9-39-45(36)62-24-23-56(39)40-13-14-43(59)49-47(40)61/h1-10,25-26,32,34-35,40,58H,11-24,27-30H2,(H2,48,51)(H,49,59,61)/t34-,35+,40?. The van der Waals surface area contributed by atoms with Gasteiger partial charge in [0.2, 0.25) is 17.7 Å². The molecule has 0 radical (unpaired) electrons. The molecule has 62 heavy (non-hydrogen) atoms. The van der Waals surface area contributed by atoms with Crippen molar-refractivity contribution in [1.29, 1.82) is 0 Å². The van der Waals surface area contributed by atoms with E-state index in [1.165, 1.54) is 16.8 Å². The number of aromatic nitrogens is 2.